The Labute approximate surface area is 121 Å². The molecule has 1 fully saturated rings. The van der Waals surface area contributed by atoms with Crippen LogP contribution in [0.5, 0.6) is 0 Å². The van der Waals surface area contributed by atoms with Gasteiger partial charge in [-0.3, -0.25) is 0 Å². The summed E-state index contributed by atoms with van der Waals surface area (Å²) in [5.41, 5.74) is 2.34. The molecule has 0 radical (unpaired) electrons. The average molecular weight is 323 g/mol. The van der Waals surface area contributed by atoms with Gasteiger partial charge in [0, 0.05) is 38.4 Å². The first kappa shape index (κ1) is 12.9. The summed E-state index contributed by atoms with van der Waals surface area (Å²) in [5, 5.41) is 3.46. The van der Waals surface area contributed by atoms with E-state index < -0.39 is 0 Å². The van der Waals surface area contributed by atoms with Crippen LogP contribution in [0.3, 0.4) is 0 Å². The molecule has 0 amide bonds. The van der Waals surface area contributed by atoms with Crippen molar-refractivity contribution in [2.24, 2.45) is 0 Å². The van der Waals surface area contributed by atoms with Crippen molar-refractivity contribution in [2.75, 3.05) is 32.1 Å². The Balaban J connectivity index is 2.06. The van der Waals surface area contributed by atoms with E-state index in [4.69, 9.17) is 4.98 Å². The first-order valence-corrected chi connectivity index (χ1v) is 7.51. The molecular weight excluding hydrogens is 304 g/mol. The fourth-order valence-electron chi connectivity index (χ4n) is 2.70. The third-order valence-electron chi connectivity index (χ3n) is 3.79. The molecule has 0 saturated carbocycles. The number of halogens is 1. The number of anilines is 1. The second-order valence-corrected chi connectivity index (χ2v) is 6.09. The molecule has 1 aliphatic rings. The van der Waals surface area contributed by atoms with E-state index in [1.807, 2.05) is 0 Å². The van der Waals surface area contributed by atoms with Gasteiger partial charge in [0.05, 0.1) is 5.52 Å². The van der Waals surface area contributed by atoms with Crippen LogP contribution in [0.25, 0.3) is 5.52 Å². The third-order valence-corrected chi connectivity index (χ3v) is 4.37. The molecule has 1 N–H and O–H groups in total. The van der Waals surface area contributed by atoms with Crippen molar-refractivity contribution in [3.63, 3.8) is 0 Å². The minimum Gasteiger partial charge on any atom is -0.378 e. The summed E-state index contributed by atoms with van der Waals surface area (Å²) in [5.74, 6) is 1.68. The number of hydrogen-bond acceptors (Lipinski definition) is 3. The molecule has 0 spiro atoms. The summed E-state index contributed by atoms with van der Waals surface area (Å²) >= 11 is 3.60. The van der Waals surface area contributed by atoms with E-state index in [0.717, 1.165) is 23.2 Å². The molecule has 1 saturated heterocycles. The SMILES string of the molecule is CN(C)c1ccn2c(C3CCCNC3)nc(Br)c2c1. The Bertz CT molecular complexity index is 584. The molecule has 1 atom stereocenters. The number of rotatable bonds is 2. The van der Waals surface area contributed by atoms with E-state index in [0.29, 0.717) is 5.92 Å². The van der Waals surface area contributed by atoms with Gasteiger partial charge in [-0.1, -0.05) is 0 Å². The van der Waals surface area contributed by atoms with Gasteiger partial charge in [-0.25, -0.2) is 4.98 Å². The van der Waals surface area contributed by atoms with Gasteiger partial charge < -0.3 is 14.6 Å². The smallest absolute Gasteiger partial charge is 0.132 e. The predicted octanol–water partition coefficient (Wildman–Crippen LogP) is 2.63. The fraction of sp³-hybridized carbons (Fsp3) is 0.500. The van der Waals surface area contributed by atoms with Gasteiger partial charge >= 0.3 is 0 Å². The number of aromatic nitrogens is 2. The van der Waals surface area contributed by atoms with Gasteiger partial charge in [-0.15, -0.1) is 0 Å². The van der Waals surface area contributed by atoms with Gasteiger partial charge in [0.1, 0.15) is 10.4 Å². The maximum absolute atomic E-state index is 4.73. The lowest BCUT2D eigenvalue weighted by molar-refractivity contribution is 0.445. The molecule has 5 heteroatoms. The Kier molecular flexibility index (Phi) is 3.50. The largest absolute Gasteiger partial charge is 0.378 e. The molecule has 19 heavy (non-hydrogen) atoms. The lowest BCUT2D eigenvalue weighted by Crippen LogP contribution is -2.29. The number of nitrogens with zero attached hydrogens (tertiary/aromatic N) is 3. The van der Waals surface area contributed by atoms with Gasteiger partial charge in [0.15, 0.2) is 0 Å². The number of piperidine rings is 1. The monoisotopic (exact) mass is 322 g/mol. The van der Waals surface area contributed by atoms with Crippen LogP contribution in [0.2, 0.25) is 0 Å². The van der Waals surface area contributed by atoms with Crippen LogP contribution < -0.4 is 10.2 Å². The van der Waals surface area contributed by atoms with Crippen molar-refractivity contribution >= 4 is 27.1 Å². The van der Waals surface area contributed by atoms with E-state index in [2.05, 4.69) is 63.0 Å². The number of pyridine rings is 1. The van der Waals surface area contributed by atoms with Crippen LogP contribution in [-0.4, -0.2) is 36.6 Å². The van der Waals surface area contributed by atoms with Crippen LogP contribution in [0.15, 0.2) is 22.9 Å². The second-order valence-electron chi connectivity index (χ2n) is 5.34. The van der Waals surface area contributed by atoms with E-state index in [-0.39, 0.29) is 0 Å². The van der Waals surface area contributed by atoms with E-state index in [9.17, 15) is 0 Å². The Morgan fingerprint density at radius 1 is 1.47 bits per heavy atom. The first-order chi connectivity index (χ1) is 9.16. The Morgan fingerprint density at radius 2 is 2.32 bits per heavy atom. The summed E-state index contributed by atoms with van der Waals surface area (Å²) in [6.07, 6.45) is 4.58. The van der Waals surface area contributed by atoms with E-state index in [1.165, 1.54) is 24.4 Å². The van der Waals surface area contributed by atoms with Gasteiger partial charge in [0.25, 0.3) is 0 Å². The van der Waals surface area contributed by atoms with Crippen molar-refractivity contribution in [1.29, 1.82) is 0 Å². The van der Waals surface area contributed by atoms with Crippen molar-refractivity contribution in [1.82, 2.24) is 14.7 Å². The summed E-state index contributed by atoms with van der Waals surface area (Å²) in [6.45, 7) is 2.16. The van der Waals surface area contributed by atoms with E-state index >= 15 is 0 Å². The fourth-order valence-corrected chi connectivity index (χ4v) is 3.18. The standard InChI is InChI=1S/C14H19BrN4/c1-18(2)11-5-7-19-12(8-11)13(15)17-14(19)10-4-3-6-16-9-10/h5,7-8,10,16H,3-4,6,9H2,1-2H3. The normalized spacial score (nSPS) is 19.8. The van der Waals surface area contributed by atoms with Crippen LogP contribution in [0.4, 0.5) is 5.69 Å². The molecule has 102 valence electrons. The van der Waals surface area contributed by atoms with Crippen LogP contribution >= 0.6 is 15.9 Å². The third kappa shape index (κ3) is 2.37. The zero-order chi connectivity index (χ0) is 13.4. The summed E-state index contributed by atoms with van der Waals surface area (Å²) in [6, 6.07) is 4.32. The Morgan fingerprint density at radius 3 is 3.00 bits per heavy atom. The topological polar surface area (TPSA) is 32.6 Å². The quantitative estimate of drug-likeness (QED) is 0.922. The van der Waals surface area contributed by atoms with Crippen LogP contribution in [0, 0.1) is 0 Å². The molecule has 0 aromatic carbocycles. The number of imidazole rings is 1. The highest BCUT2D eigenvalue weighted by Crippen LogP contribution is 2.29. The van der Waals surface area contributed by atoms with Crippen molar-refractivity contribution in [2.45, 2.75) is 18.8 Å². The first-order valence-electron chi connectivity index (χ1n) is 6.72. The average Bonchev–Trinajstić information content (AvgIpc) is 2.77. The molecule has 3 rings (SSSR count). The minimum absolute atomic E-state index is 0.512. The molecule has 0 bridgehead atoms. The minimum atomic E-state index is 0.512. The zero-order valence-corrected chi connectivity index (χ0v) is 12.9. The highest BCUT2D eigenvalue weighted by Gasteiger charge is 2.21. The van der Waals surface area contributed by atoms with Gasteiger partial charge in [0.2, 0.25) is 0 Å². The number of hydrogen-bond donors (Lipinski definition) is 1. The zero-order valence-electron chi connectivity index (χ0n) is 11.4. The van der Waals surface area contributed by atoms with Crippen LogP contribution in [-0.2, 0) is 0 Å². The summed E-state index contributed by atoms with van der Waals surface area (Å²) in [7, 11) is 4.12. The molecule has 4 nitrogen and oxygen atoms in total. The molecule has 1 unspecified atom stereocenters. The maximum atomic E-state index is 4.73. The van der Waals surface area contributed by atoms with Crippen molar-refractivity contribution in [3.05, 3.63) is 28.8 Å². The lowest BCUT2D eigenvalue weighted by atomic mass is 9.99. The molecule has 0 aliphatic carbocycles. The van der Waals surface area contributed by atoms with Crippen molar-refractivity contribution < 1.29 is 0 Å². The van der Waals surface area contributed by atoms with Crippen molar-refractivity contribution in [3.8, 4) is 0 Å². The van der Waals surface area contributed by atoms with Gasteiger partial charge in [-0.05, 0) is 47.4 Å². The number of fused-ring (bicyclic) bond motifs is 1. The highest BCUT2D eigenvalue weighted by molar-refractivity contribution is 9.10. The summed E-state index contributed by atoms with van der Waals surface area (Å²) in [4.78, 5) is 6.85. The second kappa shape index (κ2) is 5.13. The lowest BCUT2D eigenvalue weighted by Gasteiger charge is -2.21. The molecular formula is C14H19BrN4. The number of nitrogens with one attached hydrogen (secondary N) is 1. The van der Waals surface area contributed by atoms with Gasteiger partial charge in [-0.2, -0.15) is 0 Å². The molecule has 2 aromatic heterocycles. The maximum Gasteiger partial charge on any atom is 0.132 e. The molecule has 1 aliphatic heterocycles. The highest BCUT2D eigenvalue weighted by atomic mass is 79.9. The molecule has 2 aromatic rings. The predicted molar refractivity (Wildman–Crippen MR) is 82.1 cm³/mol. The van der Waals surface area contributed by atoms with Crippen LogP contribution in [0.1, 0.15) is 24.6 Å². The van der Waals surface area contributed by atoms with E-state index in [1.54, 1.807) is 0 Å². The molecule has 3 heterocycles. The Hall–Kier alpha value is -1.07. The summed E-state index contributed by atoms with van der Waals surface area (Å²) < 4.78 is 3.16.